The van der Waals surface area contributed by atoms with Gasteiger partial charge in [0, 0.05) is 27.7 Å². The predicted molar refractivity (Wildman–Crippen MR) is 89.9 cm³/mol. The predicted octanol–water partition coefficient (Wildman–Crippen LogP) is 4.66. The number of nitrogens with one attached hydrogen (secondary N) is 1. The molecule has 0 spiro atoms. The van der Waals surface area contributed by atoms with Gasteiger partial charge in [-0.15, -0.1) is 0 Å². The summed E-state index contributed by atoms with van der Waals surface area (Å²) in [5, 5.41) is 13.8. The van der Waals surface area contributed by atoms with E-state index in [2.05, 4.69) is 21.2 Å². The number of hydrogen-bond acceptors (Lipinski definition) is 3. The number of non-ortho nitro benzene ring substituents is 1. The molecule has 0 saturated carbocycles. The van der Waals surface area contributed by atoms with Crippen molar-refractivity contribution in [3.05, 3.63) is 73.7 Å². The minimum atomic E-state index is -0.506. The second-order valence-corrected chi connectivity index (χ2v) is 5.53. The van der Waals surface area contributed by atoms with Crippen molar-refractivity contribution in [3.63, 3.8) is 0 Å². The molecule has 2 rings (SSSR count). The second-order valence-electron chi connectivity index (χ2n) is 4.27. The molecule has 0 aliphatic heterocycles. The normalized spacial score (nSPS) is 10.6. The standard InChI is InChI=1S/C15H10BrClN2O3/c16-12-9-11(19(21)22)6-7-14(12)18-15(20)8-5-10-3-1-2-4-13(10)17/h1-9H,(H,18,20)/b8-5+. The van der Waals surface area contributed by atoms with Crippen molar-refractivity contribution < 1.29 is 9.72 Å². The first-order valence-corrected chi connectivity index (χ1v) is 7.32. The Morgan fingerprint density at radius 2 is 2.00 bits per heavy atom. The van der Waals surface area contributed by atoms with Gasteiger partial charge in [-0.25, -0.2) is 0 Å². The molecule has 0 fully saturated rings. The molecule has 0 bridgehead atoms. The monoisotopic (exact) mass is 380 g/mol. The van der Waals surface area contributed by atoms with Gasteiger partial charge < -0.3 is 5.32 Å². The first kappa shape index (κ1) is 16.2. The summed E-state index contributed by atoms with van der Waals surface area (Å²) in [7, 11) is 0. The smallest absolute Gasteiger partial charge is 0.270 e. The van der Waals surface area contributed by atoms with Crippen LogP contribution in [0.2, 0.25) is 5.02 Å². The SMILES string of the molecule is O=C(/C=C/c1ccccc1Cl)Nc1ccc([N+](=O)[O-])cc1Br. The van der Waals surface area contributed by atoms with Gasteiger partial charge in [-0.3, -0.25) is 14.9 Å². The molecule has 0 radical (unpaired) electrons. The number of halogens is 2. The van der Waals surface area contributed by atoms with E-state index in [-0.39, 0.29) is 11.6 Å². The van der Waals surface area contributed by atoms with E-state index in [0.717, 1.165) is 5.56 Å². The summed E-state index contributed by atoms with van der Waals surface area (Å²) in [5.74, 6) is -0.366. The number of nitro groups is 1. The van der Waals surface area contributed by atoms with Crippen LogP contribution in [0.5, 0.6) is 0 Å². The Kier molecular flexibility index (Phi) is 5.30. The lowest BCUT2D eigenvalue weighted by atomic mass is 10.2. The molecule has 2 aromatic carbocycles. The minimum Gasteiger partial charge on any atom is -0.321 e. The maximum Gasteiger partial charge on any atom is 0.270 e. The lowest BCUT2D eigenvalue weighted by molar-refractivity contribution is -0.384. The second kappa shape index (κ2) is 7.20. The summed E-state index contributed by atoms with van der Waals surface area (Å²) in [4.78, 5) is 22.0. The third-order valence-electron chi connectivity index (χ3n) is 2.74. The Morgan fingerprint density at radius 3 is 2.64 bits per heavy atom. The van der Waals surface area contributed by atoms with E-state index >= 15 is 0 Å². The first-order chi connectivity index (χ1) is 10.5. The van der Waals surface area contributed by atoms with Crippen molar-refractivity contribution in [2.45, 2.75) is 0 Å². The number of hydrogen-bond donors (Lipinski definition) is 1. The lowest BCUT2D eigenvalue weighted by Gasteiger charge is -2.05. The highest BCUT2D eigenvalue weighted by atomic mass is 79.9. The van der Waals surface area contributed by atoms with E-state index in [9.17, 15) is 14.9 Å². The molecule has 5 nitrogen and oxygen atoms in total. The van der Waals surface area contributed by atoms with Gasteiger partial charge in [-0.2, -0.15) is 0 Å². The van der Waals surface area contributed by atoms with Gasteiger partial charge in [0.25, 0.3) is 5.69 Å². The van der Waals surface area contributed by atoms with Crippen molar-refractivity contribution >= 4 is 50.9 Å². The molecule has 0 aliphatic rings. The van der Waals surface area contributed by atoms with Gasteiger partial charge in [-0.1, -0.05) is 29.8 Å². The third-order valence-corrected chi connectivity index (χ3v) is 3.74. The minimum absolute atomic E-state index is 0.0588. The molecule has 112 valence electrons. The van der Waals surface area contributed by atoms with Crippen LogP contribution in [0.25, 0.3) is 6.08 Å². The fraction of sp³-hybridized carbons (Fsp3) is 0. The fourth-order valence-corrected chi connectivity index (χ4v) is 2.33. The Labute approximate surface area is 139 Å². The molecule has 0 aliphatic carbocycles. The Morgan fingerprint density at radius 1 is 1.27 bits per heavy atom. The van der Waals surface area contributed by atoms with E-state index in [4.69, 9.17) is 11.6 Å². The molecule has 0 aromatic heterocycles. The summed E-state index contributed by atoms with van der Waals surface area (Å²) in [6, 6.07) is 11.2. The van der Waals surface area contributed by atoms with E-state index in [0.29, 0.717) is 15.2 Å². The highest BCUT2D eigenvalue weighted by molar-refractivity contribution is 9.10. The van der Waals surface area contributed by atoms with Gasteiger partial charge in [0.15, 0.2) is 0 Å². The number of rotatable bonds is 4. The zero-order valence-corrected chi connectivity index (χ0v) is 13.5. The molecule has 7 heteroatoms. The quantitative estimate of drug-likeness (QED) is 0.475. The molecule has 1 amide bonds. The number of carbonyl (C=O) groups excluding carboxylic acids is 1. The number of carbonyl (C=O) groups is 1. The maximum atomic E-state index is 11.9. The van der Waals surface area contributed by atoms with E-state index in [1.807, 2.05) is 6.07 Å². The summed E-state index contributed by atoms with van der Waals surface area (Å²) < 4.78 is 0.432. The average Bonchev–Trinajstić information content (AvgIpc) is 2.48. The molecular weight excluding hydrogens is 372 g/mol. The molecule has 2 aromatic rings. The average molecular weight is 382 g/mol. The number of nitro benzene ring substituents is 1. The van der Waals surface area contributed by atoms with Crippen LogP contribution in [0, 0.1) is 10.1 Å². The number of amides is 1. The fourth-order valence-electron chi connectivity index (χ4n) is 1.67. The van der Waals surface area contributed by atoms with Crippen LogP contribution in [0.3, 0.4) is 0 Å². The molecule has 1 N–H and O–H groups in total. The van der Waals surface area contributed by atoms with Crippen molar-refractivity contribution in [2.75, 3.05) is 5.32 Å². The summed E-state index contributed by atoms with van der Waals surface area (Å²) >= 11 is 9.17. The van der Waals surface area contributed by atoms with Crippen LogP contribution >= 0.6 is 27.5 Å². The summed E-state index contributed by atoms with van der Waals surface area (Å²) in [5.41, 5.74) is 1.11. The molecule has 0 unspecified atom stereocenters. The number of anilines is 1. The van der Waals surface area contributed by atoms with Gasteiger partial charge >= 0.3 is 0 Å². The van der Waals surface area contributed by atoms with Gasteiger partial charge in [-0.05, 0) is 39.7 Å². The number of benzene rings is 2. The van der Waals surface area contributed by atoms with Gasteiger partial charge in [0.05, 0.1) is 10.6 Å². The highest BCUT2D eigenvalue weighted by Crippen LogP contribution is 2.27. The first-order valence-electron chi connectivity index (χ1n) is 6.15. The van der Waals surface area contributed by atoms with Crippen LogP contribution in [-0.2, 0) is 4.79 Å². The molecule has 22 heavy (non-hydrogen) atoms. The summed E-state index contributed by atoms with van der Waals surface area (Å²) in [6.07, 6.45) is 2.94. The van der Waals surface area contributed by atoms with Crippen molar-refractivity contribution in [3.8, 4) is 0 Å². The van der Waals surface area contributed by atoms with Gasteiger partial charge in [0.2, 0.25) is 5.91 Å². The molecule has 0 atom stereocenters. The van der Waals surface area contributed by atoms with Crippen LogP contribution in [0.15, 0.2) is 53.0 Å². The Balaban J connectivity index is 2.09. The Hall–Kier alpha value is -2.18. The van der Waals surface area contributed by atoms with Crippen molar-refractivity contribution in [1.29, 1.82) is 0 Å². The zero-order valence-electron chi connectivity index (χ0n) is 11.1. The third kappa shape index (κ3) is 4.16. The highest BCUT2D eigenvalue weighted by Gasteiger charge is 2.10. The van der Waals surface area contributed by atoms with Gasteiger partial charge in [0.1, 0.15) is 0 Å². The zero-order chi connectivity index (χ0) is 16.1. The van der Waals surface area contributed by atoms with Crippen molar-refractivity contribution in [2.24, 2.45) is 0 Å². The van der Waals surface area contributed by atoms with Crippen LogP contribution < -0.4 is 5.32 Å². The molecular formula is C15H10BrClN2O3. The van der Waals surface area contributed by atoms with E-state index in [1.165, 1.54) is 24.3 Å². The lowest BCUT2D eigenvalue weighted by Crippen LogP contribution is -2.08. The molecule has 0 saturated heterocycles. The molecule has 0 heterocycles. The van der Waals surface area contributed by atoms with Crippen LogP contribution in [0.1, 0.15) is 5.56 Å². The largest absolute Gasteiger partial charge is 0.321 e. The topological polar surface area (TPSA) is 72.2 Å². The van der Waals surface area contributed by atoms with Crippen LogP contribution in [-0.4, -0.2) is 10.8 Å². The van der Waals surface area contributed by atoms with E-state index in [1.54, 1.807) is 24.3 Å². The van der Waals surface area contributed by atoms with Crippen LogP contribution in [0.4, 0.5) is 11.4 Å². The van der Waals surface area contributed by atoms with Crippen molar-refractivity contribution in [1.82, 2.24) is 0 Å². The Bertz CT molecular complexity index is 762. The summed E-state index contributed by atoms with van der Waals surface area (Å²) in [6.45, 7) is 0. The number of nitrogens with zero attached hydrogens (tertiary/aromatic N) is 1. The maximum absolute atomic E-state index is 11.9. The van der Waals surface area contributed by atoms with E-state index < -0.39 is 4.92 Å².